The standard InChI is InChI=1S/C12H15N/c1-3-7-11-9(5-1)10-6-2-4-8-12(10)13-11/h1-3,5-7,9-13H,4,8H2. The molecule has 0 bridgehead atoms. The predicted octanol–water partition coefficient (Wildman–Crippen LogP) is 2.04. The van der Waals surface area contributed by atoms with Crippen LogP contribution in [0.3, 0.4) is 0 Å². The van der Waals surface area contributed by atoms with Gasteiger partial charge in [-0.15, -0.1) is 0 Å². The fourth-order valence-corrected chi connectivity index (χ4v) is 2.85. The second-order valence-corrected chi connectivity index (χ2v) is 4.23. The number of hydrogen-bond donors (Lipinski definition) is 1. The molecular formula is C12H15N. The van der Waals surface area contributed by atoms with Crippen LogP contribution in [0.1, 0.15) is 12.8 Å². The van der Waals surface area contributed by atoms with Crippen molar-refractivity contribution in [3.63, 3.8) is 0 Å². The summed E-state index contributed by atoms with van der Waals surface area (Å²) in [5.41, 5.74) is 0. The lowest BCUT2D eigenvalue weighted by Gasteiger charge is -2.22. The van der Waals surface area contributed by atoms with Crippen molar-refractivity contribution in [1.82, 2.24) is 5.32 Å². The first-order valence-electron chi connectivity index (χ1n) is 5.23. The summed E-state index contributed by atoms with van der Waals surface area (Å²) in [4.78, 5) is 0. The van der Waals surface area contributed by atoms with Crippen LogP contribution in [0.5, 0.6) is 0 Å². The molecular weight excluding hydrogens is 158 g/mol. The fourth-order valence-electron chi connectivity index (χ4n) is 2.85. The third-order valence-electron chi connectivity index (χ3n) is 3.50. The zero-order valence-electron chi connectivity index (χ0n) is 7.69. The molecule has 2 aliphatic carbocycles. The van der Waals surface area contributed by atoms with Gasteiger partial charge in [0.15, 0.2) is 0 Å². The molecule has 0 radical (unpaired) electrons. The molecule has 0 amide bonds. The minimum absolute atomic E-state index is 0.600. The van der Waals surface area contributed by atoms with Crippen molar-refractivity contribution >= 4 is 0 Å². The number of nitrogens with one attached hydrogen (secondary N) is 1. The average molecular weight is 173 g/mol. The Hall–Kier alpha value is -0.820. The van der Waals surface area contributed by atoms with Gasteiger partial charge in [0.1, 0.15) is 0 Å². The average Bonchev–Trinajstić information content (AvgIpc) is 2.56. The summed E-state index contributed by atoms with van der Waals surface area (Å²) in [6.45, 7) is 0. The van der Waals surface area contributed by atoms with Gasteiger partial charge in [-0.2, -0.15) is 0 Å². The fraction of sp³-hybridized carbons (Fsp3) is 0.500. The lowest BCUT2D eigenvalue weighted by atomic mass is 9.81. The molecule has 4 unspecified atom stereocenters. The van der Waals surface area contributed by atoms with Crippen LogP contribution in [0.2, 0.25) is 0 Å². The zero-order chi connectivity index (χ0) is 8.67. The van der Waals surface area contributed by atoms with E-state index < -0.39 is 0 Å². The molecule has 68 valence electrons. The quantitative estimate of drug-likeness (QED) is 0.553. The van der Waals surface area contributed by atoms with E-state index in [0.717, 1.165) is 12.0 Å². The van der Waals surface area contributed by atoms with E-state index in [1.54, 1.807) is 0 Å². The summed E-state index contributed by atoms with van der Waals surface area (Å²) in [5, 5.41) is 3.71. The van der Waals surface area contributed by atoms with Crippen molar-refractivity contribution in [2.75, 3.05) is 0 Å². The molecule has 13 heavy (non-hydrogen) atoms. The van der Waals surface area contributed by atoms with Gasteiger partial charge in [0.05, 0.1) is 0 Å². The van der Waals surface area contributed by atoms with E-state index in [-0.39, 0.29) is 0 Å². The lowest BCUT2D eigenvalue weighted by Crippen LogP contribution is -2.31. The second-order valence-electron chi connectivity index (χ2n) is 4.23. The van der Waals surface area contributed by atoms with Gasteiger partial charge in [0.25, 0.3) is 0 Å². The molecule has 3 aliphatic rings. The molecule has 1 heterocycles. The van der Waals surface area contributed by atoms with Gasteiger partial charge in [-0.05, 0) is 12.8 Å². The van der Waals surface area contributed by atoms with Gasteiger partial charge in [-0.25, -0.2) is 0 Å². The maximum atomic E-state index is 3.71. The van der Waals surface area contributed by atoms with E-state index in [2.05, 4.69) is 41.8 Å². The molecule has 0 aromatic carbocycles. The smallest absolute Gasteiger partial charge is 0.0325 e. The first-order valence-corrected chi connectivity index (χ1v) is 5.23. The van der Waals surface area contributed by atoms with Gasteiger partial charge in [0.2, 0.25) is 0 Å². The molecule has 1 heteroatoms. The van der Waals surface area contributed by atoms with E-state index in [0.29, 0.717) is 12.0 Å². The molecule has 0 aromatic heterocycles. The number of hydrogen-bond acceptors (Lipinski definition) is 1. The highest BCUT2D eigenvalue weighted by molar-refractivity contribution is 5.25. The molecule has 1 nitrogen and oxygen atoms in total. The molecule has 1 aliphatic heterocycles. The Balaban J connectivity index is 1.92. The minimum Gasteiger partial charge on any atom is -0.307 e. The van der Waals surface area contributed by atoms with Crippen LogP contribution in [0.25, 0.3) is 0 Å². The number of rotatable bonds is 0. The molecule has 1 saturated heterocycles. The molecule has 3 rings (SSSR count). The van der Waals surface area contributed by atoms with Crippen molar-refractivity contribution in [2.24, 2.45) is 11.8 Å². The van der Waals surface area contributed by atoms with Crippen molar-refractivity contribution in [1.29, 1.82) is 0 Å². The Bertz CT molecular complexity index is 287. The van der Waals surface area contributed by atoms with Crippen molar-refractivity contribution < 1.29 is 0 Å². The maximum absolute atomic E-state index is 3.71. The summed E-state index contributed by atoms with van der Waals surface area (Å²) in [5.74, 6) is 1.46. The Kier molecular flexibility index (Phi) is 1.66. The van der Waals surface area contributed by atoms with E-state index in [4.69, 9.17) is 0 Å². The predicted molar refractivity (Wildman–Crippen MR) is 54.3 cm³/mol. The van der Waals surface area contributed by atoms with Gasteiger partial charge < -0.3 is 5.32 Å². The highest BCUT2D eigenvalue weighted by Crippen LogP contribution is 2.36. The summed E-state index contributed by atoms with van der Waals surface area (Å²) in [7, 11) is 0. The van der Waals surface area contributed by atoms with Crippen LogP contribution in [-0.2, 0) is 0 Å². The van der Waals surface area contributed by atoms with E-state index in [1.807, 2.05) is 0 Å². The van der Waals surface area contributed by atoms with Gasteiger partial charge in [-0.1, -0.05) is 36.5 Å². The lowest BCUT2D eigenvalue weighted by molar-refractivity contribution is 0.444. The number of fused-ring (bicyclic) bond motifs is 3. The number of allylic oxidation sites excluding steroid dienone is 3. The van der Waals surface area contributed by atoms with Gasteiger partial charge in [-0.3, -0.25) is 0 Å². The zero-order valence-corrected chi connectivity index (χ0v) is 7.69. The third-order valence-corrected chi connectivity index (χ3v) is 3.50. The summed E-state index contributed by atoms with van der Waals surface area (Å²) in [6.07, 6.45) is 16.3. The summed E-state index contributed by atoms with van der Waals surface area (Å²) < 4.78 is 0. The first-order chi connectivity index (χ1) is 6.45. The SMILES string of the molecule is C1=CC2NC3CCC=CC3C2C=C1. The van der Waals surface area contributed by atoms with Crippen molar-refractivity contribution in [3.05, 3.63) is 36.5 Å². The normalized spacial score (nSPS) is 46.2. The summed E-state index contributed by atoms with van der Waals surface area (Å²) >= 11 is 0. The Labute approximate surface area is 79.2 Å². The maximum Gasteiger partial charge on any atom is 0.0325 e. The van der Waals surface area contributed by atoms with Crippen LogP contribution in [0.15, 0.2) is 36.5 Å². The Morgan fingerprint density at radius 1 is 1.00 bits per heavy atom. The van der Waals surface area contributed by atoms with Crippen LogP contribution in [0.4, 0.5) is 0 Å². The summed E-state index contributed by atoms with van der Waals surface area (Å²) in [6, 6.07) is 1.33. The first kappa shape index (κ1) is 7.57. The van der Waals surface area contributed by atoms with E-state index >= 15 is 0 Å². The second kappa shape index (κ2) is 2.85. The van der Waals surface area contributed by atoms with Crippen LogP contribution < -0.4 is 5.32 Å². The highest BCUT2D eigenvalue weighted by Gasteiger charge is 2.39. The Morgan fingerprint density at radius 3 is 2.92 bits per heavy atom. The van der Waals surface area contributed by atoms with E-state index in [9.17, 15) is 0 Å². The molecule has 4 atom stereocenters. The third kappa shape index (κ3) is 1.11. The monoisotopic (exact) mass is 173 g/mol. The molecule has 1 fully saturated rings. The van der Waals surface area contributed by atoms with Gasteiger partial charge >= 0.3 is 0 Å². The molecule has 0 spiro atoms. The van der Waals surface area contributed by atoms with Crippen molar-refractivity contribution in [3.8, 4) is 0 Å². The van der Waals surface area contributed by atoms with Crippen molar-refractivity contribution in [2.45, 2.75) is 24.9 Å². The highest BCUT2D eigenvalue weighted by atomic mass is 15.0. The van der Waals surface area contributed by atoms with Crippen LogP contribution >= 0.6 is 0 Å². The molecule has 0 saturated carbocycles. The molecule has 1 N–H and O–H groups in total. The Morgan fingerprint density at radius 2 is 1.92 bits per heavy atom. The van der Waals surface area contributed by atoms with Crippen LogP contribution in [-0.4, -0.2) is 12.1 Å². The van der Waals surface area contributed by atoms with Gasteiger partial charge in [0, 0.05) is 23.9 Å². The minimum atomic E-state index is 0.600. The largest absolute Gasteiger partial charge is 0.307 e. The molecule has 0 aromatic rings. The van der Waals surface area contributed by atoms with Crippen LogP contribution in [0, 0.1) is 11.8 Å². The topological polar surface area (TPSA) is 12.0 Å². The van der Waals surface area contributed by atoms with E-state index in [1.165, 1.54) is 12.8 Å².